The molecule has 0 bridgehead atoms. The van der Waals surface area contributed by atoms with Gasteiger partial charge < -0.3 is 19.7 Å². The van der Waals surface area contributed by atoms with Crippen LogP contribution in [-0.2, 0) is 12.7 Å². The van der Waals surface area contributed by atoms with E-state index in [2.05, 4.69) is 5.32 Å². The summed E-state index contributed by atoms with van der Waals surface area (Å²) in [7, 11) is 3.53. The Morgan fingerprint density at radius 3 is 2.48 bits per heavy atom. The third-order valence-corrected chi connectivity index (χ3v) is 4.58. The Kier molecular flexibility index (Phi) is 5.79. The minimum Gasteiger partial charge on any atom is -0.497 e. The molecule has 1 aliphatic heterocycles. The fraction of sp³-hybridized carbons (Fsp3) is 0.400. The molecule has 0 saturated carbocycles. The first-order valence-electron chi connectivity index (χ1n) is 8.78. The van der Waals surface area contributed by atoms with Crippen LogP contribution in [0.1, 0.15) is 17.5 Å². The predicted molar refractivity (Wildman–Crippen MR) is 98.3 cm³/mol. The Hall–Kier alpha value is -2.41. The number of likely N-dealkylation sites (tertiary alicyclic amines) is 1. The average molecular weight is 380 g/mol. The molecule has 1 heterocycles. The smallest absolute Gasteiger partial charge is 0.419 e. The first-order chi connectivity index (χ1) is 12.8. The number of halogens is 3. The van der Waals surface area contributed by atoms with Gasteiger partial charge in [0.25, 0.3) is 0 Å². The SMILES string of the molecule is COc1ccc(CNc2ccc(C(F)(F)F)c(O[C@H]3CCN(C)C3)c2)cc1. The Labute approximate surface area is 156 Å². The van der Waals surface area contributed by atoms with E-state index in [0.717, 1.165) is 30.3 Å². The van der Waals surface area contributed by atoms with Crippen molar-refractivity contribution in [3.05, 3.63) is 53.6 Å². The third kappa shape index (κ3) is 5.07. The van der Waals surface area contributed by atoms with Crippen molar-refractivity contribution < 1.29 is 22.6 Å². The van der Waals surface area contributed by atoms with Crippen LogP contribution in [0.15, 0.2) is 42.5 Å². The average Bonchev–Trinajstić information content (AvgIpc) is 3.04. The van der Waals surface area contributed by atoms with E-state index in [4.69, 9.17) is 9.47 Å². The highest BCUT2D eigenvalue weighted by Gasteiger charge is 2.35. The second-order valence-corrected chi connectivity index (χ2v) is 6.70. The van der Waals surface area contributed by atoms with Gasteiger partial charge in [0.1, 0.15) is 17.6 Å². The van der Waals surface area contributed by atoms with Gasteiger partial charge in [-0.25, -0.2) is 0 Å². The van der Waals surface area contributed by atoms with Gasteiger partial charge in [0, 0.05) is 31.4 Å². The van der Waals surface area contributed by atoms with Crippen LogP contribution in [-0.4, -0.2) is 38.3 Å². The largest absolute Gasteiger partial charge is 0.497 e. The van der Waals surface area contributed by atoms with Crippen LogP contribution in [0.25, 0.3) is 0 Å². The fourth-order valence-corrected chi connectivity index (χ4v) is 3.08. The van der Waals surface area contributed by atoms with Gasteiger partial charge in [-0.05, 0) is 43.3 Å². The molecule has 2 aromatic carbocycles. The van der Waals surface area contributed by atoms with Crippen molar-refractivity contribution in [2.45, 2.75) is 25.2 Å². The van der Waals surface area contributed by atoms with Gasteiger partial charge in [0.05, 0.1) is 12.7 Å². The lowest BCUT2D eigenvalue weighted by molar-refractivity contribution is -0.139. The summed E-state index contributed by atoms with van der Waals surface area (Å²) in [6.45, 7) is 1.93. The minimum absolute atomic E-state index is 0.123. The number of rotatable bonds is 6. The second-order valence-electron chi connectivity index (χ2n) is 6.70. The second kappa shape index (κ2) is 8.08. The molecule has 1 aliphatic rings. The van der Waals surface area contributed by atoms with Crippen LogP contribution < -0.4 is 14.8 Å². The van der Waals surface area contributed by atoms with Crippen LogP contribution in [0.4, 0.5) is 18.9 Å². The number of anilines is 1. The molecule has 0 aliphatic carbocycles. The van der Waals surface area contributed by atoms with Crippen LogP contribution >= 0.6 is 0 Å². The fourth-order valence-electron chi connectivity index (χ4n) is 3.08. The molecule has 1 fully saturated rings. The lowest BCUT2D eigenvalue weighted by Crippen LogP contribution is -2.23. The third-order valence-electron chi connectivity index (χ3n) is 4.58. The number of hydrogen-bond acceptors (Lipinski definition) is 4. The van der Waals surface area contributed by atoms with Gasteiger partial charge >= 0.3 is 6.18 Å². The number of hydrogen-bond donors (Lipinski definition) is 1. The van der Waals surface area contributed by atoms with Gasteiger partial charge in [-0.3, -0.25) is 0 Å². The Balaban J connectivity index is 1.74. The van der Waals surface area contributed by atoms with Crippen LogP contribution in [0.3, 0.4) is 0 Å². The summed E-state index contributed by atoms with van der Waals surface area (Å²) in [6, 6.07) is 11.4. The van der Waals surface area contributed by atoms with Gasteiger partial charge in [-0.15, -0.1) is 0 Å². The molecule has 0 spiro atoms. The standard InChI is InChI=1S/C20H23F3N2O2/c1-25-10-9-17(13-25)27-19-11-15(5-8-18(19)20(21,22)23)24-12-14-3-6-16(26-2)7-4-14/h3-8,11,17,24H,9-10,12-13H2,1-2H3/t17-/m0/s1. The molecule has 1 N–H and O–H groups in total. The lowest BCUT2D eigenvalue weighted by Gasteiger charge is -2.19. The number of benzene rings is 2. The summed E-state index contributed by atoms with van der Waals surface area (Å²) >= 11 is 0. The highest BCUT2D eigenvalue weighted by molar-refractivity contribution is 5.53. The molecular formula is C20H23F3N2O2. The molecule has 27 heavy (non-hydrogen) atoms. The quantitative estimate of drug-likeness (QED) is 0.805. The molecular weight excluding hydrogens is 357 g/mol. The molecule has 2 aromatic rings. The van der Waals surface area contributed by atoms with E-state index in [0.29, 0.717) is 18.8 Å². The van der Waals surface area contributed by atoms with Crippen LogP contribution in [0, 0.1) is 0 Å². The summed E-state index contributed by atoms with van der Waals surface area (Å²) in [5.41, 5.74) is 0.836. The number of alkyl halides is 3. The molecule has 146 valence electrons. The van der Waals surface area contributed by atoms with E-state index in [1.54, 1.807) is 7.11 Å². The zero-order valence-electron chi connectivity index (χ0n) is 15.3. The first kappa shape index (κ1) is 19.4. The molecule has 0 amide bonds. The Bertz CT molecular complexity index is 763. The number of likely N-dealkylation sites (N-methyl/N-ethyl adjacent to an activating group) is 1. The van der Waals surface area contributed by atoms with E-state index in [1.165, 1.54) is 12.1 Å². The van der Waals surface area contributed by atoms with Crippen molar-refractivity contribution in [2.75, 3.05) is 32.6 Å². The number of nitrogens with one attached hydrogen (secondary N) is 1. The number of methoxy groups -OCH3 is 1. The maximum Gasteiger partial charge on any atom is 0.419 e. The molecule has 0 radical (unpaired) electrons. The highest BCUT2D eigenvalue weighted by Crippen LogP contribution is 2.38. The molecule has 1 saturated heterocycles. The number of nitrogens with zero attached hydrogens (tertiary/aromatic N) is 1. The van der Waals surface area contributed by atoms with E-state index < -0.39 is 11.7 Å². The zero-order valence-corrected chi connectivity index (χ0v) is 15.3. The Morgan fingerprint density at radius 2 is 1.89 bits per heavy atom. The van der Waals surface area contributed by atoms with Crippen molar-refractivity contribution in [1.29, 1.82) is 0 Å². The molecule has 0 unspecified atom stereocenters. The normalized spacial score (nSPS) is 17.7. The van der Waals surface area contributed by atoms with E-state index in [-0.39, 0.29) is 11.9 Å². The predicted octanol–water partition coefficient (Wildman–Crippen LogP) is 4.41. The summed E-state index contributed by atoms with van der Waals surface area (Å²) in [5, 5.41) is 3.15. The topological polar surface area (TPSA) is 33.7 Å². The van der Waals surface area contributed by atoms with Crippen molar-refractivity contribution in [3.63, 3.8) is 0 Å². The van der Waals surface area contributed by atoms with E-state index in [1.807, 2.05) is 36.2 Å². The van der Waals surface area contributed by atoms with Gasteiger partial charge in [0.15, 0.2) is 0 Å². The summed E-state index contributed by atoms with van der Waals surface area (Å²) in [4.78, 5) is 2.05. The maximum atomic E-state index is 13.3. The monoisotopic (exact) mass is 380 g/mol. The maximum absolute atomic E-state index is 13.3. The van der Waals surface area contributed by atoms with Crippen molar-refractivity contribution in [3.8, 4) is 11.5 Å². The molecule has 4 nitrogen and oxygen atoms in total. The van der Waals surface area contributed by atoms with Gasteiger partial charge in [0.2, 0.25) is 0 Å². The molecule has 7 heteroatoms. The van der Waals surface area contributed by atoms with E-state index >= 15 is 0 Å². The van der Waals surface area contributed by atoms with Crippen molar-refractivity contribution >= 4 is 5.69 Å². The molecule has 0 aromatic heterocycles. The Morgan fingerprint density at radius 1 is 1.15 bits per heavy atom. The summed E-state index contributed by atoms with van der Waals surface area (Å²) < 4.78 is 50.8. The number of ether oxygens (including phenoxy) is 2. The highest BCUT2D eigenvalue weighted by atomic mass is 19.4. The lowest BCUT2D eigenvalue weighted by atomic mass is 10.1. The minimum atomic E-state index is -4.45. The molecule has 1 atom stereocenters. The summed E-state index contributed by atoms with van der Waals surface area (Å²) in [6.07, 6.45) is -3.96. The van der Waals surface area contributed by atoms with Crippen LogP contribution in [0.2, 0.25) is 0 Å². The van der Waals surface area contributed by atoms with E-state index in [9.17, 15) is 13.2 Å². The first-order valence-corrected chi connectivity index (χ1v) is 8.78. The van der Waals surface area contributed by atoms with Gasteiger partial charge in [-0.2, -0.15) is 13.2 Å². The van der Waals surface area contributed by atoms with Crippen molar-refractivity contribution in [1.82, 2.24) is 4.90 Å². The summed E-state index contributed by atoms with van der Waals surface area (Å²) in [5.74, 6) is 0.632. The van der Waals surface area contributed by atoms with Gasteiger partial charge in [-0.1, -0.05) is 12.1 Å². The molecule has 3 rings (SSSR count). The van der Waals surface area contributed by atoms with Crippen LogP contribution in [0.5, 0.6) is 11.5 Å². The zero-order chi connectivity index (χ0) is 19.4. The van der Waals surface area contributed by atoms with Crippen molar-refractivity contribution in [2.24, 2.45) is 0 Å².